The predicted molar refractivity (Wildman–Crippen MR) is 236 cm³/mol. The number of ether oxygens (including phenoxy) is 1. The summed E-state index contributed by atoms with van der Waals surface area (Å²) >= 11 is 0. The normalized spacial score (nSPS) is 15.4. The van der Waals surface area contributed by atoms with E-state index in [1.807, 2.05) is 16.8 Å². The van der Waals surface area contributed by atoms with Crippen LogP contribution in [0.4, 0.5) is 24.8 Å². The summed E-state index contributed by atoms with van der Waals surface area (Å²) in [7, 11) is 1.90. The number of hydrogen-bond donors (Lipinski definition) is 7. The zero-order valence-electron chi connectivity index (χ0n) is 36.8. The number of rotatable bonds is 18. The van der Waals surface area contributed by atoms with Crippen LogP contribution < -0.4 is 31.6 Å². The summed E-state index contributed by atoms with van der Waals surface area (Å²) in [5.74, 6) is -6.62. The molecule has 2 aromatic heterocycles. The number of nitrogens with zero attached hydrogens (tertiary/aromatic N) is 8. The van der Waals surface area contributed by atoms with Crippen molar-refractivity contribution in [3.63, 3.8) is 0 Å². The molecule has 26 heteroatoms. The van der Waals surface area contributed by atoms with Crippen molar-refractivity contribution in [2.45, 2.75) is 25.2 Å². The molecule has 0 spiro atoms. The Bertz CT molecular complexity index is 2480. The molecular weight excluding hydrogens is 906 g/mol. The number of halogens is 3. The standard InChI is InChI=1S/C42H51F3N12O11/c1-53-11-13-54(15-16-56(25-34(61)62)18-17-55(14-12-53)24-33(59)60)23-32(58)47-10-19-68-30-8-2-26(3-9-30)20-31(39(65)66)50-37(63)27-4-6-29(7-5-27)57(40(67)42(43,44)45)22-28-21-48-36-35(49-28)38(64)52-41(46)51-36/h2-9,21,31H,10-20,22-25H2,1H3,(H,47,58)(H,50,63)(H,59,60)(H,61,62)(H,65,66)(H3,46,48,51,52,64)/t31-/m0/s1. The fourth-order valence-corrected chi connectivity index (χ4v) is 6.95. The summed E-state index contributed by atoms with van der Waals surface area (Å²) in [4.78, 5) is 108. The van der Waals surface area contributed by atoms with E-state index in [2.05, 4.69) is 30.6 Å². The molecule has 0 unspecified atom stereocenters. The molecule has 0 bridgehead atoms. The molecule has 1 aliphatic heterocycles. The van der Waals surface area contributed by atoms with E-state index in [0.29, 0.717) is 68.6 Å². The van der Waals surface area contributed by atoms with Crippen LogP contribution >= 0.6 is 0 Å². The number of hydrogen-bond acceptors (Lipinski definition) is 16. The molecule has 8 N–H and O–H groups in total. The third-order valence-corrected chi connectivity index (χ3v) is 10.5. The molecule has 1 atom stereocenters. The quantitative estimate of drug-likeness (QED) is 0.0609. The summed E-state index contributed by atoms with van der Waals surface area (Å²) in [5, 5.41) is 33.8. The van der Waals surface area contributed by atoms with Gasteiger partial charge < -0.3 is 41.3 Å². The second kappa shape index (κ2) is 23.9. The highest BCUT2D eigenvalue weighted by molar-refractivity contribution is 5.99. The lowest BCUT2D eigenvalue weighted by Crippen LogP contribution is -2.48. The number of carboxylic acids is 3. The van der Waals surface area contributed by atoms with E-state index >= 15 is 0 Å². The van der Waals surface area contributed by atoms with Crippen LogP contribution in [0.25, 0.3) is 11.2 Å². The summed E-state index contributed by atoms with van der Waals surface area (Å²) in [6, 6.07) is 9.23. The van der Waals surface area contributed by atoms with Gasteiger partial charge in [0.1, 0.15) is 18.4 Å². The van der Waals surface area contributed by atoms with E-state index < -0.39 is 54.0 Å². The number of anilines is 2. The van der Waals surface area contributed by atoms with Gasteiger partial charge in [-0.05, 0) is 49.0 Å². The van der Waals surface area contributed by atoms with E-state index in [1.54, 1.807) is 34.1 Å². The first-order chi connectivity index (χ1) is 32.2. The summed E-state index contributed by atoms with van der Waals surface area (Å²) in [6.45, 7) is 2.76. The number of aromatic amines is 1. The van der Waals surface area contributed by atoms with E-state index in [0.717, 1.165) is 30.5 Å². The molecule has 3 amide bonds. The zero-order chi connectivity index (χ0) is 49.5. The van der Waals surface area contributed by atoms with Crippen LogP contribution in [0.5, 0.6) is 5.75 Å². The summed E-state index contributed by atoms with van der Waals surface area (Å²) in [6.07, 6.45) is -4.46. The summed E-state index contributed by atoms with van der Waals surface area (Å²) < 4.78 is 46.8. The number of carboxylic acid groups (broad SMARTS) is 3. The Kier molecular flexibility index (Phi) is 18.2. The van der Waals surface area contributed by atoms with Gasteiger partial charge in [-0.1, -0.05) is 12.1 Å². The van der Waals surface area contributed by atoms with Crippen LogP contribution in [0.15, 0.2) is 59.5 Å². The molecule has 1 aliphatic rings. The number of alkyl halides is 3. The van der Waals surface area contributed by atoms with Gasteiger partial charge in [0.2, 0.25) is 11.9 Å². The highest BCUT2D eigenvalue weighted by Crippen LogP contribution is 2.26. The maximum atomic E-state index is 13.7. The first-order valence-electron chi connectivity index (χ1n) is 21.1. The number of aromatic nitrogens is 4. The average Bonchev–Trinajstić information content (AvgIpc) is 3.27. The van der Waals surface area contributed by atoms with Crippen molar-refractivity contribution in [2.24, 2.45) is 0 Å². The number of carbonyl (C=O) groups excluding carboxylic acids is 3. The smallest absolute Gasteiger partial charge is 0.471 e. The second-order valence-corrected chi connectivity index (χ2v) is 15.8. The number of amides is 3. The number of nitrogen functional groups attached to an aromatic ring is 1. The van der Waals surface area contributed by atoms with Crippen molar-refractivity contribution in [1.29, 1.82) is 0 Å². The van der Waals surface area contributed by atoms with E-state index in [-0.39, 0.29) is 79.2 Å². The predicted octanol–water partition coefficient (Wildman–Crippen LogP) is -0.668. The molecular formula is C42H51F3N12O11. The number of carbonyl (C=O) groups is 6. The van der Waals surface area contributed by atoms with Crippen LogP contribution in [0.1, 0.15) is 21.6 Å². The monoisotopic (exact) mass is 956 g/mol. The lowest BCUT2D eigenvalue weighted by molar-refractivity contribution is -0.170. The van der Waals surface area contributed by atoms with Crippen LogP contribution in [-0.4, -0.2) is 195 Å². The SMILES string of the molecule is CN1CCN(CC(=O)O)CCN(CC(=O)O)CCN(CC(=O)NCCOc2ccc(C[C@H](NC(=O)c3ccc(N(Cc4cnc5nc(N)[nH]c(=O)c5n4)C(=O)C(F)(F)F)cc3)C(=O)O)cc2)CC1. The van der Waals surface area contributed by atoms with E-state index in [4.69, 9.17) is 10.5 Å². The number of fused-ring (bicyclic) bond motifs is 1. The first kappa shape index (κ1) is 51.7. The van der Waals surface area contributed by atoms with Gasteiger partial charge in [-0.3, -0.25) is 53.4 Å². The number of aliphatic carboxylic acids is 3. The third-order valence-electron chi connectivity index (χ3n) is 10.5. The van der Waals surface area contributed by atoms with Gasteiger partial charge in [-0.25, -0.2) is 14.8 Å². The lowest BCUT2D eigenvalue weighted by Gasteiger charge is -2.32. The van der Waals surface area contributed by atoms with Crippen molar-refractivity contribution in [2.75, 3.05) is 103 Å². The van der Waals surface area contributed by atoms with Crippen molar-refractivity contribution in [1.82, 2.24) is 50.2 Å². The molecule has 5 rings (SSSR count). The van der Waals surface area contributed by atoms with Gasteiger partial charge in [0, 0.05) is 70.0 Å². The van der Waals surface area contributed by atoms with Crippen molar-refractivity contribution in [3.05, 3.63) is 81.9 Å². The Labute approximate surface area is 385 Å². The van der Waals surface area contributed by atoms with Gasteiger partial charge >= 0.3 is 30.0 Å². The van der Waals surface area contributed by atoms with E-state index in [1.165, 1.54) is 0 Å². The fraction of sp³-hybridized carbons (Fsp3) is 0.429. The number of nitrogens with two attached hydrogens (primary N) is 1. The Morgan fingerprint density at radius 3 is 1.97 bits per heavy atom. The first-order valence-corrected chi connectivity index (χ1v) is 21.1. The lowest BCUT2D eigenvalue weighted by atomic mass is 10.0. The highest BCUT2D eigenvalue weighted by Gasteiger charge is 2.43. The van der Waals surface area contributed by atoms with Gasteiger partial charge in [0.15, 0.2) is 11.2 Å². The molecule has 0 aliphatic carbocycles. The van der Waals surface area contributed by atoms with Crippen LogP contribution in [-0.2, 0) is 36.9 Å². The van der Waals surface area contributed by atoms with Gasteiger partial charge in [-0.2, -0.15) is 18.2 Å². The van der Waals surface area contributed by atoms with E-state index in [9.17, 15) is 62.1 Å². The Morgan fingerprint density at radius 2 is 1.41 bits per heavy atom. The van der Waals surface area contributed by atoms with Gasteiger partial charge in [0.05, 0.1) is 44.6 Å². The highest BCUT2D eigenvalue weighted by atomic mass is 19.4. The number of likely N-dealkylation sites (N-methyl/N-ethyl adjacent to an activating group) is 1. The van der Waals surface area contributed by atoms with Crippen molar-refractivity contribution in [3.8, 4) is 5.75 Å². The van der Waals surface area contributed by atoms with Gasteiger partial charge in [-0.15, -0.1) is 0 Å². The Morgan fingerprint density at radius 1 is 0.838 bits per heavy atom. The Hall–Kier alpha value is -7.29. The second-order valence-electron chi connectivity index (χ2n) is 15.8. The molecule has 23 nitrogen and oxygen atoms in total. The molecule has 0 saturated carbocycles. The molecule has 1 saturated heterocycles. The molecule has 3 heterocycles. The zero-order valence-corrected chi connectivity index (χ0v) is 36.8. The molecule has 2 aromatic carbocycles. The van der Waals surface area contributed by atoms with Crippen molar-refractivity contribution >= 4 is 58.4 Å². The summed E-state index contributed by atoms with van der Waals surface area (Å²) in [5.41, 5.74) is 4.07. The molecule has 68 heavy (non-hydrogen) atoms. The van der Waals surface area contributed by atoms with Crippen LogP contribution in [0.3, 0.4) is 0 Å². The maximum absolute atomic E-state index is 13.7. The number of nitrogens with one attached hydrogen (secondary N) is 3. The van der Waals surface area contributed by atoms with Gasteiger partial charge in [0.25, 0.3) is 11.5 Å². The third kappa shape index (κ3) is 16.0. The number of benzene rings is 2. The molecule has 366 valence electrons. The van der Waals surface area contributed by atoms with Crippen LogP contribution in [0.2, 0.25) is 0 Å². The minimum Gasteiger partial charge on any atom is -0.492 e. The minimum absolute atomic E-state index is 0.0475. The minimum atomic E-state index is -5.33. The number of H-pyrrole nitrogens is 1. The molecule has 4 aromatic rings. The topological polar surface area (TPSA) is 310 Å². The maximum Gasteiger partial charge on any atom is 0.471 e. The average molecular weight is 957 g/mol. The Balaban J connectivity index is 1.11. The largest absolute Gasteiger partial charge is 0.492 e. The molecule has 1 fully saturated rings. The molecule has 0 radical (unpaired) electrons. The fourth-order valence-electron chi connectivity index (χ4n) is 6.95. The van der Waals surface area contributed by atoms with Crippen molar-refractivity contribution < 1.29 is 62.0 Å². The van der Waals surface area contributed by atoms with Crippen LogP contribution in [0, 0.1) is 0 Å².